The summed E-state index contributed by atoms with van der Waals surface area (Å²) in [5.74, 6) is -1.37. The minimum atomic E-state index is -0.808. The lowest BCUT2D eigenvalue weighted by molar-refractivity contribution is -0.384. The number of nitrogens with zero attached hydrogens (tertiary/aromatic N) is 1. The second-order valence-corrected chi connectivity index (χ2v) is 5.88. The van der Waals surface area contributed by atoms with Crippen molar-refractivity contribution >= 4 is 29.2 Å². The number of amides is 2. The van der Waals surface area contributed by atoms with Crippen LogP contribution in [0.4, 0.5) is 11.4 Å². The van der Waals surface area contributed by atoms with Gasteiger partial charge in [0.15, 0.2) is 6.61 Å². The molecule has 2 aromatic carbocycles. The molecule has 0 heterocycles. The topological polar surface area (TPSA) is 137 Å². The molecule has 2 N–H and O–H groups in total. The van der Waals surface area contributed by atoms with Crippen LogP contribution >= 0.6 is 0 Å². The molecular weight excluding hydrogens is 382 g/mol. The molecule has 0 saturated heterocycles. The first-order valence-electron chi connectivity index (χ1n) is 8.43. The fraction of sp³-hybridized carbons (Fsp3) is 0.211. The zero-order valence-electron chi connectivity index (χ0n) is 15.8. The van der Waals surface area contributed by atoms with Crippen LogP contribution in [0.1, 0.15) is 15.9 Å². The number of nitrogens with one attached hydrogen (secondary N) is 2. The molecule has 0 aliphatic carbocycles. The number of ether oxygens (including phenoxy) is 2. The summed E-state index contributed by atoms with van der Waals surface area (Å²) in [4.78, 5) is 45.8. The Labute approximate surface area is 166 Å². The molecule has 10 heteroatoms. The normalized spacial score (nSPS) is 10.0. The number of hydrogen-bond donors (Lipinski definition) is 2. The quantitative estimate of drug-likeness (QED) is 0.391. The van der Waals surface area contributed by atoms with Crippen LogP contribution < -0.4 is 15.4 Å². The van der Waals surface area contributed by atoms with Gasteiger partial charge in [0, 0.05) is 17.7 Å². The number of carbonyl (C=O) groups is 3. The summed E-state index contributed by atoms with van der Waals surface area (Å²) in [5, 5.41) is 15.6. The van der Waals surface area contributed by atoms with Crippen LogP contribution in [0.15, 0.2) is 42.5 Å². The number of methoxy groups -OCH3 is 1. The molecule has 2 amide bonds. The van der Waals surface area contributed by atoms with Gasteiger partial charge in [-0.05, 0) is 36.8 Å². The van der Waals surface area contributed by atoms with E-state index in [2.05, 4.69) is 10.6 Å². The lowest BCUT2D eigenvalue weighted by Gasteiger charge is -2.09. The lowest BCUT2D eigenvalue weighted by atomic mass is 10.2. The van der Waals surface area contributed by atoms with E-state index >= 15 is 0 Å². The smallest absolute Gasteiger partial charge is 0.325 e. The largest absolute Gasteiger partial charge is 0.497 e. The number of benzene rings is 2. The summed E-state index contributed by atoms with van der Waals surface area (Å²) in [6.45, 7) is 0.646. The maximum absolute atomic E-state index is 12.0. The highest BCUT2D eigenvalue weighted by Crippen LogP contribution is 2.21. The van der Waals surface area contributed by atoms with Crippen molar-refractivity contribution in [1.82, 2.24) is 5.32 Å². The van der Waals surface area contributed by atoms with Crippen LogP contribution in [0.2, 0.25) is 0 Å². The minimum Gasteiger partial charge on any atom is -0.497 e. The van der Waals surface area contributed by atoms with E-state index in [0.29, 0.717) is 16.9 Å². The van der Waals surface area contributed by atoms with Crippen molar-refractivity contribution in [2.45, 2.75) is 6.92 Å². The van der Waals surface area contributed by atoms with E-state index in [0.717, 1.165) is 0 Å². The van der Waals surface area contributed by atoms with Gasteiger partial charge in [-0.15, -0.1) is 0 Å². The van der Waals surface area contributed by atoms with Gasteiger partial charge in [-0.2, -0.15) is 0 Å². The average Bonchev–Trinajstić information content (AvgIpc) is 2.72. The van der Waals surface area contributed by atoms with Crippen molar-refractivity contribution in [3.8, 4) is 5.75 Å². The first kappa shape index (κ1) is 21.4. The standard InChI is InChI=1S/C19H19N3O7/c1-12-3-6-14(22(26)27)9-16(12)21-17(23)11-29-18(24)10-20-19(25)13-4-7-15(28-2)8-5-13/h3-9H,10-11H2,1-2H3,(H,20,25)(H,21,23). The third kappa shape index (κ3) is 6.31. The number of aryl methyl sites for hydroxylation is 1. The molecule has 0 spiro atoms. The van der Waals surface area contributed by atoms with Gasteiger partial charge in [0.1, 0.15) is 12.3 Å². The second kappa shape index (κ2) is 9.83. The van der Waals surface area contributed by atoms with E-state index in [1.807, 2.05) is 0 Å². The zero-order chi connectivity index (χ0) is 21.4. The third-order valence-corrected chi connectivity index (χ3v) is 3.82. The van der Waals surface area contributed by atoms with Crippen molar-refractivity contribution in [3.05, 3.63) is 63.7 Å². The van der Waals surface area contributed by atoms with E-state index in [4.69, 9.17) is 9.47 Å². The van der Waals surface area contributed by atoms with Gasteiger partial charge < -0.3 is 20.1 Å². The van der Waals surface area contributed by atoms with Crippen LogP contribution in [-0.2, 0) is 14.3 Å². The minimum absolute atomic E-state index is 0.177. The summed E-state index contributed by atoms with van der Waals surface area (Å²) in [5.41, 5.74) is 1.01. The maximum Gasteiger partial charge on any atom is 0.325 e. The van der Waals surface area contributed by atoms with Gasteiger partial charge in [-0.3, -0.25) is 24.5 Å². The van der Waals surface area contributed by atoms with Crippen molar-refractivity contribution in [1.29, 1.82) is 0 Å². The van der Waals surface area contributed by atoms with Crippen molar-refractivity contribution in [2.75, 3.05) is 25.6 Å². The fourth-order valence-corrected chi connectivity index (χ4v) is 2.24. The van der Waals surface area contributed by atoms with Crippen molar-refractivity contribution < 1.29 is 28.8 Å². The van der Waals surface area contributed by atoms with E-state index < -0.39 is 35.9 Å². The van der Waals surface area contributed by atoms with Crippen LogP contribution in [0.25, 0.3) is 0 Å². The Morgan fingerprint density at radius 2 is 1.79 bits per heavy atom. The Bertz CT molecular complexity index is 926. The fourth-order valence-electron chi connectivity index (χ4n) is 2.24. The van der Waals surface area contributed by atoms with E-state index in [1.165, 1.54) is 37.4 Å². The summed E-state index contributed by atoms with van der Waals surface area (Å²) in [7, 11) is 1.50. The van der Waals surface area contributed by atoms with E-state index in [-0.39, 0.29) is 11.4 Å². The Morgan fingerprint density at radius 1 is 1.10 bits per heavy atom. The highest BCUT2D eigenvalue weighted by molar-refractivity contribution is 5.97. The molecular formula is C19H19N3O7. The molecule has 0 saturated carbocycles. The Balaban J connectivity index is 1.79. The summed E-state index contributed by atoms with van der Waals surface area (Å²) in [6.07, 6.45) is 0. The molecule has 0 aliphatic heterocycles. The van der Waals surface area contributed by atoms with Gasteiger partial charge in [0.05, 0.1) is 17.7 Å². The molecule has 2 aromatic rings. The van der Waals surface area contributed by atoms with Gasteiger partial charge in [-0.25, -0.2) is 0 Å². The molecule has 10 nitrogen and oxygen atoms in total. The maximum atomic E-state index is 12.0. The van der Waals surface area contributed by atoms with Crippen LogP contribution in [0.5, 0.6) is 5.75 Å². The molecule has 0 atom stereocenters. The molecule has 0 aromatic heterocycles. The number of hydrogen-bond acceptors (Lipinski definition) is 7. The predicted octanol–water partition coefficient (Wildman–Crippen LogP) is 1.82. The second-order valence-electron chi connectivity index (χ2n) is 5.88. The van der Waals surface area contributed by atoms with E-state index in [9.17, 15) is 24.5 Å². The lowest BCUT2D eigenvalue weighted by Crippen LogP contribution is -2.32. The Hall–Kier alpha value is -3.95. The van der Waals surface area contributed by atoms with Gasteiger partial charge in [0.2, 0.25) is 0 Å². The molecule has 2 rings (SSSR count). The van der Waals surface area contributed by atoms with E-state index in [1.54, 1.807) is 19.1 Å². The molecule has 0 bridgehead atoms. The van der Waals surface area contributed by atoms with Crippen LogP contribution in [0, 0.1) is 17.0 Å². The molecule has 0 unspecified atom stereocenters. The number of rotatable bonds is 8. The Kier molecular flexibility index (Phi) is 7.24. The molecule has 29 heavy (non-hydrogen) atoms. The average molecular weight is 401 g/mol. The summed E-state index contributed by atoms with van der Waals surface area (Å²) in [6, 6.07) is 10.3. The number of esters is 1. The molecule has 0 radical (unpaired) electrons. The zero-order valence-corrected chi connectivity index (χ0v) is 15.8. The summed E-state index contributed by atoms with van der Waals surface area (Å²) >= 11 is 0. The first-order chi connectivity index (χ1) is 13.8. The molecule has 0 aliphatic rings. The number of nitro benzene ring substituents is 1. The van der Waals surface area contributed by atoms with Crippen LogP contribution in [-0.4, -0.2) is 43.0 Å². The van der Waals surface area contributed by atoms with Gasteiger partial charge >= 0.3 is 5.97 Å². The number of non-ortho nitro benzene ring substituents is 1. The molecule has 152 valence electrons. The Morgan fingerprint density at radius 3 is 2.41 bits per heavy atom. The van der Waals surface area contributed by atoms with Gasteiger partial charge in [0.25, 0.3) is 17.5 Å². The number of nitro groups is 1. The van der Waals surface area contributed by atoms with Crippen molar-refractivity contribution in [3.63, 3.8) is 0 Å². The highest BCUT2D eigenvalue weighted by atomic mass is 16.6. The molecule has 0 fully saturated rings. The highest BCUT2D eigenvalue weighted by Gasteiger charge is 2.14. The van der Waals surface area contributed by atoms with Gasteiger partial charge in [-0.1, -0.05) is 6.07 Å². The number of anilines is 1. The number of carbonyl (C=O) groups excluding carboxylic acids is 3. The van der Waals surface area contributed by atoms with Crippen LogP contribution in [0.3, 0.4) is 0 Å². The monoisotopic (exact) mass is 401 g/mol. The SMILES string of the molecule is COc1ccc(C(=O)NCC(=O)OCC(=O)Nc2cc([N+](=O)[O-])ccc2C)cc1. The third-order valence-electron chi connectivity index (χ3n) is 3.82. The first-order valence-corrected chi connectivity index (χ1v) is 8.43. The van der Waals surface area contributed by atoms with Crippen molar-refractivity contribution in [2.24, 2.45) is 0 Å². The summed E-state index contributed by atoms with van der Waals surface area (Å²) < 4.78 is 9.79. The predicted molar refractivity (Wildman–Crippen MR) is 103 cm³/mol.